The molecule has 0 spiro atoms. The summed E-state index contributed by atoms with van der Waals surface area (Å²) >= 11 is 11.7. The van der Waals surface area contributed by atoms with Gasteiger partial charge in [-0.2, -0.15) is 0 Å². The number of hydrogen-bond acceptors (Lipinski definition) is 1. The van der Waals surface area contributed by atoms with Crippen LogP contribution in [0.15, 0.2) is 36.9 Å². The summed E-state index contributed by atoms with van der Waals surface area (Å²) in [6.07, 6.45) is 5.32. The van der Waals surface area contributed by atoms with Gasteiger partial charge < -0.3 is 4.57 Å². The van der Waals surface area contributed by atoms with E-state index in [2.05, 4.69) is 4.98 Å². The Morgan fingerprint density at radius 1 is 1.36 bits per heavy atom. The first-order valence-corrected chi connectivity index (χ1v) is 5.05. The lowest BCUT2D eigenvalue weighted by Gasteiger charge is -2.04. The van der Waals surface area contributed by atoms with Gasteiger partial charge in [0.25, 0.3) is 0 Å². The molecule has 1 heterocycles. The van der Waals surface area contributed by atoms with Crippen LogP contribution in [-0.4, -0.2) is 9.55 Å². The number of imidazole rings is 1. The highest BCUT2D eigenvalue weighted by molar-refractivity contribution is 6.32. The number of alkyl halides is 1. The molecule has 1 aromatic carbocycles. The van der Waals surface area contributed by atoms with E-state index in [1.54, 1.807) is 12.5 Å². The lowest BCUT2D eigenvalue weighted by atomic mass is 10.2. The Labute approximate surface area is 92.1 Å². The van der Waals surface area contributed by atoms with E-state index in [9.17, 15) is 0 Å². The minimum atomic E-state index is 0.434. The number of nitrogens with zero attached hydrogens (tertiary/aromatic N) is 2. The van der Waals surface area contributed by atoms with Crippen molar-refractivity contribution in [2.75, 3.05) is 0 Å². The van der Waals surface area contributed by atoms with E-state index in [4.69, 9.17) is 23.2 Å². The van der Waals surface area contributed by atoms with Crippen molar-refractivity contribution in [1.82, 2.24) is 9.55 Å². The van der Waals surface area contributed by atoms with E-state index >= 15 is 0 Å². The van der Waals surface area contributed by atoms with Gasteiger partial charge in [0.05, 0.1) is 6.33 Å². The third-order valence-corrected chi connectivity index (χ3v) is 2.62. The number of aromatic nitrogens is 2. The Bertz CT molecular complexity index is 424. The van der Waals surface area contributed by atoms with Crippen molar-refractivity contribution in [3.05, 3.63) is 47.5 Å². The second kappa shape index (κ2) is 4.03. The molecule has 0 saturated heterocycles. The zero-order chi connectivity index (χ0) is 9.97. The van der Waals surface area contributed by atoms with E-state index < -0.39 is 0 Å². The lowest BCUT2D eigenvalue weighted by Crippen LogP contribution is -1.91. The quantitative estimate of drug-likeness (QED) is 0.720. The van der Waals surface area contributed by atoms with Gasteiger partial charge in [0.1, 0.15) is 0 Å². The van der Waals surface area contributed by atoms with Gasteiger partial charge in [0.15, 0.2) is 0 Å². The first kappa shape index (κ1) is 9.56. The molecule has 0 atom stereocenters. The molecular weight excluding hydrogens is 219 g/mol. The van der Waals surface area contributed by atoms with Crippen molar-refractivity contribution >= 4 is 23.2 Å². The monoisotopic (exact) mass is 226 g/mol. The Kier molecular flexibility index (Phi) is 2.75. The molecule has 2 rings (SSSR count). The maximum Gasteiger partial charge on any atom is 0.0991 e. The van der Waals surface area contributed by atoms with Crippen LogP contribution < -0.4 is 0 Å². The molecule has 4 heteroatoms. The molecule has 0 saturated carbocycles. The molecule has 2 nitrogen and oxygen atoms in total. The van der Waals surface area contributed by atoms with E-state index in [-0.39, 0.29) is 0 Å². The molecule has 0 amide bonds. The molecule has 0 N–H and O–H groups in total. The first-order chi connectivity index (χ1) is 6.81. The van der Waals surface area contributed by atoms with Crippen LogP contribution in [0.4, 0.5) is 0 Å². The summed E-state index contributed by atoms with van der Waals surface area (Å²) in [6, 6.07) is 5.76. The predicted octanol–water partition coefficient (Wildman–Crippen LogP) is 3.26. The van der Waals surface area contributed by atoms with Crippen molar-refractivity contribution in [1.29, 1.82) is 0 Å². The van der Waals surface area contributed by atoms with Crippen LogP contribution in [0.2, 0.25) is 5.02 Å². The molecule has 0 aliphatic rings. The summed E-state index contributed by atoms with van der Waals surface area (Å²) in [5.41, 5.74) is 1.93. The van der Waals surface area contributed by atoms with E-state index in [1.165, 1.54) is 0 Å². The van der Waals surface area contributed by atoms with Crippen LogP contribution in [0.3, 0.4) is 0 Å². The number of halogens is 2. The highest BCUT2D eigenvalue weighted by Crippen LogP contribution is 2.21. The van der Waals surface area contributed by atoms with Gasteiger partial charge in [-0.15, -0.1) is 11.6 Å². The minimum Gasteiger partial charge on any atom is -0.306 e. The summed E-state index contributed by atoms with van der Waals surface area (Å²) < 4.78 is 1.89. The SMILES string of the molecule is ClCc1ccc(-n2ccnc2)cc1Cl. The van der Waals surface area contributed by atoms with Gasteiger partial charge in [-0.3, -0.25) is 0 Å². The van der Waals surface area contributed by atoms with Crippen LogP contribution >= 0.6 is 23.2 Å². The van der Waals surface area contributed by atoms with Crippen LogP contribution in [0.25, 0.3) is 5.69 Å². The Hall–Kier alpha value is -0.990. The highest BCUT2D eigenvalue weighted by Gasteiger charge is 2.01. The van der Waals surface area contributed by atoms with Crippen molar-refractivity contribution in [2.24, 2.45) is 0 Å². The summed E-state index contributed by atoms with van der Waals surface area (Å²) in [5, 5.41) is 0.686. The van der Waals surface area contributed by atoms with Crippen molar-refractivity contribution in [3.8, 4) is 5.69 Å². The maximum absolute atomic E-state index is 6.03. The third-order valence-electron chi connectivity index (χ3n) is 1.98. The van der Waals surface area contributed by atoms with E-state index in [1.807, 2.05) is 29.0 Å². The van der Waals surface area contributed by atoms with Gasteiger partial charge in [-0.05, 0) is 17.7 Å². The molecule has 0 bridgehead atoms. The van der Waals surface area contributed by atoms with Crippen molar-refractivity contribution < 1.29 is 0 Å². The minimum absolute atomic E-state index is 0.434. The van der Waals surface area contributed by atoms with E-state index in [0.717, 1.165) is 11.3 Å². The predicted molar refractivity (Wildman–Crippen MR) is 58.1 cm³/mol. The average Bonchev–Trinajstić information content (AvgIpc) is 2.70. The fourth-order valence-corrected chi connectivity index (χ4v) is 1.76. The number of hydrogen-bond donors (Lipinski definition) is 0. The summed E-state index contributed by atoms with van der Waals surface area (Å²) in [6.45, 7) is 0. The Balaban J connectivity index is 2.43. The fraction of sp³-hybridized carbons (Fsp3) is 0.100. The van der Waals surface area contributed by atoms with Crippen molar-refractivity contribution in [3.63, 3.8) is 0 Å². The first-order valence-electron chi connectivity index (χ1n) is 4.14. The fourth-order valence-electron chi connectivity index (χ4n) is 1.22. The topological polar surface area (TPSA) is 17.8 Å². The highest BCUT2D eigenvalue weighted by atomic mass is 35.5. The standard InChI is InChI=1S/C10H8Cl2N2/c11-6-8-1-2-9(5-10(8)12)14-4-3-13-7-14/h1-5,7H,6H2. The second-order valence-corrected chi connectivity index (χ2v) is 3.55. The van der Waals surface area contributed by atoms with E-state index in [0.29, 0.717) is 10.9 Å². The lowest BCUT2D eigenvalue weighted by molar-refractivity contribution is 1.05. The number of benzene rings is 1. The molecule has 72 valence electrons. The molecular formula is C10H8Cl2N2. The molecule has 0 aliphatic heterocycles. The average molecular weight is 227 g/mol. The smallest absolute Gasteiger partial charge is 0.0991 e. The molecule has 0 unspecified atom stereocenters. The van der Waals surface area contributed by atoms with Crippen LogP contribution in [-0.2, 0) is 5.88 Å². The normalized spacial score (nSPS) is 10.4. The van der Waals surface area contributed by atoms with Crippen molar-refractivity contribution in [2.45, 2.75) is 5.88 Å². The zero-order valence-electron chi connectivity index (χ0n) is 7.32. The van der Waals surface area contributed by atoms with Crippen LogP contribution in [0, 0.1) is 0 Å². The Morgan fingerprint density at radius 2 is 2.21 bits per heavy atom. The zero-order valence-corrected chi connectivity index (χ0v) is 8.83. The summed E-state index contributed by atoms with van der Waals surface area (Å²) in [7, 11) is 0. The molecule has 1 aromatic heterocycles. The van der Waals surface area contributed by atoms with Crippen LogP contribution in [0.5, 0.6) is 0 Å². The molecule has 0 radical (unpaired) electrons. The summed E-state index contributed by atoms with van der Waals surface area (Å²) in [4.78, 5) is 3.96. The summed E-state index contributed by atoms with van der Waals surface area (Å²) in [5.74, 6) is 0.434. The van der Waals surface area contributed by atoms with Gasteiger partial charge >= 0.3 is 0 Å². The van der Waals surface area contributed by atoms with Gasteiger partial charge in [0, 0.05) is 29.0 Å². The molecule has 2 aromatic rings. The maximum atomic E-state index is 6.03. The van der Waals surface area contributed by atoms with Gasteiger partial charge in [0.2, 0.25) is 0 Å². The number of rotatable bonds is 2. The molecule has 14 heavy (non-hydrogen) atoms. The Morgan fingerprint density at radius 3 is 2.79 bits per heavy atom. The van der Waals surface area contributed by atoms with Gasteiger partial charge in [-0.1, -0.05) is 17.7 Å². The van der Waals surface area contributed by atoms with Crippen LogP contribution in [0.1, 0.15) is 5.56 Å². The molecule has 0 aliphatic carbocycles. The molecule has 0 fully saturated rings. The largest absolute Gasteiger partial charge is 0.306 e. The second-order valence-electron chi connectivity index (χ2n) is 2.88. The third kappa shape index (κ3) is 1.76. The van der Waals surface area contributed by atoms with Gasteiger partial charge in [-0.25, -0.2) is 4.98 Å².